The van der Waals surface area contributed by atoms with Gasteiger partial charge in [-0.3, -0.25) is 15.0 Å². The second-order valence-electron chi connectivity index (χ2n) is 3.59. The van der Waals surface area contributed by atoms with Gasteiger partial charge in [0.25, 0.3) is 5.56 Å². The molecule has 0 aliphatic heterocycles. The highest BCUT2D eigenvalue weighted by atomic mass is 16.5. The summed E-state index contributed by atoms with van der Waals surface area (Å²) >= 11 is 0. The molecule has 16 heavy (non-hydrogen) atoms. The lowest BCUT2D eigenvalue weighted by molar-refractivity contribution is 0.338. The summed E-state index contributed by atoms with van der Waals surface area (Å²) in [5, 5.41) is 5.34. The molecule has 0 atom stereocenters. The summed E-state index contributed by atoms with van der Waals surface area (Å²) < 4.78 is 5.45. The summed E-state index contributed by atoms with van der Waals surface area (Å²) in [5.41, 5.74) is 2.69. The van der Waals surface area contributed by atoms with E-state index in [1.165, 1.54) is 6.07 Å². The van der Waals surface area contributed by atoms with Crippen LogP contribution < -0.4 is 10.3 Å². The highest BCUT2D eigenvalue weighted by Gasteiger charge is 2.04. The Morgan fingerprint density at radius 1 is 1.25 bits per heavy atom. The first-order chi connectivity index (χ1) is 7.70. The number of ether oxygens (including phenoxy) is 1. The largest absolute Gasteiger partial charge is 0.494 e. The van der Waals surface area contributed by atoms with Crippen LogP contribution in [0.25, 0.3) is 11.3 Å². The lowest BCUT2D eigenvalue weighted by atomic mass is 10.1. The van der Waals surface area contributed by atoms with Gasteiger partial charge in [0, 0.05) is 11.6 Å². The summed E-state index contributed by atoms with van der Waals surface area (Å²) in [6.45, 7) is 4.59. The fourth-order valence-electron chi connectivity index (χ4n) is 1.62. The quantitative estimate of drug-likeness (QED) is 0.828. The zero-order chi connectivity index (χ0) is 11.5. The number of hydrogen-bond donors (Lipinski definition) is 2. The Balaban J connectivity index is 2.37. The lowest BCUT2D eigenvalue weighted by Gasteiger charge is -2.07. The van der Waals surface area contributed by atoms with Crippen LogP contribution in [0, 0.1) is 6.92 Å². The molecule has 0 saturated carbocycles. The molecular weight excluding hydrogens is 204 g/mol. The van der Waals surface area contributed by atoms with Crippen molar-refractivity contribution in [1.29, 1.82) is 0 Å². The van der Waals surface area contributed by atoms with Crippen molar-refractivity contribution in [2.24, 2.45) is 0 Å². The van der Waals surface area contributed by atoms with Gasteiger partial charge in [-0.2, -0.15) is 0 Å². The summed E-state index contributed by atoms with van der Waals surface area (Å²) in [6, 6.07) is 7.37. The Morgan fingerprint density at radius 2 is 2.06 bits per heavy atom. The van der Waals surface area contributed by atoms with Crippen LogP contribution in [0.1, 0.15) is 12.5 Å². The van der Waals surface area contributed by atoms with Gasteiger partial charge in [0.15, 0.2) is 0 Å². The summed E-state index contributed by atoms with van der Waals surface area (Å²) in [6.07, 6.45) is 0. The molecule has 0 unspecified atom stereocenters. The van der Waals surface area contributed by atoms with Gasteiger partial charge in [0.2, 0.25) is 0 Å². The van der Waals surface area contributed by atoms with Crippen LogP contribution in [-0.4, -0.2) is 16.8 Å². The van der Waals surface area contributed by atoms with Gasteiger partial charge < -0.3 is 4.74 Å². The minimum absolute atomic E-state index is 0.124. The Hall–Kier alpha value is -1.97. The van der Waals surface area contributed by atoms with Crippen molar-refractivity contribution < 1.29 is 4.74 Å². The summed E-state index contributed by atoms with van der Waals surface area (Å²) in [7, 11) is 0. The topological polar surface area (TPSA) is 57.9 Å². The minimum Gasteiger partial charge on any atom is -0.494 e. The predicted octanol–water partition coefficient (Wildman–Crippen LogP) is 2.08. The third-order valence-electron chi connectivity index (χ3n) is 2.38. The van der Waals surface area contributed by atoms with Crippen molar-refractivity contribution in [2.75, 3.05) is 6.61 Å². The van der Waals surface area contributed by atoms with Crippen LogP contribution in [0.4, 0.5) is 0 Å². The van der Waals surface area contributed by atoms with E-state index in [0.29, 0.717) is 6.61 Å². The van der Waals surface area contributed by atoms with E-state index >= 15 is 0 Å². The minimum atomic E-state index is -0.124. The average Bonchev–Trinajstić information content (AvgIpc) is 2.68. The van der Waals surface area contributed by atoms with Gasteiger partial charge in [0.1, 0.15) is 5.75 Å². The highest BCUT2D eigenvalue weighted by molar-refractivity contribution is 5.61. The van der Waals surface area contributed by atoms with Crippen LogP contribution in [0.5, 0.6) is 5.75 Å². The molecular formula is C12H14N2O2. The number of rotatable bonds is 3. The molecule has 0 radical (unpaired) electrons. The molecule has 2 N–H and O–H groups in total. The Labute approximate surface area is 93.3 Å². The Bertz CT molecular complexity index is 540. The molecule has 4 nitrogen and oxygen atoms in total. The molecule has 1 heterocycles. The van der Waals surface area contributed by atoms with E-state index in [-0.39, 0.29) is 5.56 Å². The maximum atomic E-state index is 11.0. The number of aryl methyl sites for hydroxylation is 1. The molecule has 2 aromatic rings. The van der Waals surface area contributed by atoms with Gasteiger partial charge in [-0.15, -0.1) is 0 Å². The van der Waals surface area contributed by atoms with Crippen LogP contribution in [-0.2, 0) is 0 Å². The van der Waals surface area contributed by atoms with Gasteiger partial charge in [-0.25, -0.2) is 0 Å². The Morgan fingerprint density at radius 3 is 2.62 bits per heavy atom. The number of aromatic nitrogens is 2. The van der Waals surface area contributed by atoms with Crippen molar-refractivity contribution >= 4 is 0 Å². The van der Waals surface area contributed by atoms with Gasteiger partial charge in [-0.1, -0.05) is 0 Å². The molecule has 4 heteroatoms. The van der Waals surface area contributed by atoms with Crippen LogP contribution in [0.15, 0.2) is 29.1 Å². The van der Waals surface area contributed by atoms with E-state index in [0.717, 1.165) is 22.6 Å². The molecule has 0 fully saturated rings. The van der Waals surface area contributed by atoms with Crippen molar-refractivity contribution in [3.8, 4) is 17.0 Å². The number of hydrogen-bond acceptors (Lipinski definition) is 2. The van der Waals surface area contributed by atoms with Crippen LogP contribution >= 0.6 is 0 Å². The molecule has 0 aliphatic carbocycles. The lowest BCUT2D eigenvalue weighted by Crippen LogP contribution is -1.94. The number of benzene rings is 1. The molecule has 0 saturated heterocycles. The van der Waals surface area contributed by atoms with Crippen LogP contribution in [0.2, 0.25) is 0 Å². The monoisotopic (exact) mass is 218 g/mol. The van der Waals surface area contributed by atoms with E-state index in [2.05, 4.69) is 10.2 Å². The number of nitrogens with one attached hydrogen (secondary N) is 2. The zero-order valence-electron chi connectivity index (χ0n) is 9.33. The fourth-order valence-corrected chi connectivity index (χ4v) is 1.62. The van der Waals surface area contributed by atoms with E-state index in [1.807, 2.05) is 32.0 Å². The van der Waals surface area contributed by atoms with Crippen molar-refractivity contribution in [3.63, 3.8) is 0 Å². The van der Waals surface area contributed by atoms with E-state index < -0.39 is 0 Å². The second kappa shape index (κ2) is 4.26. The normalized spacial score (nSPS) is 10.4. The third kappa shape index (κ3) is 2.00. The first-order valence-electron chi connectivity index (χ1n) is 5.22. The third-order valence-corrected chi connectivity index (χ3v) is 2.38. The van der Waals surface area contributed by atoms with Crippen LogP contribution in [0.3, 0.4) is 0 Å². The SMILES string of the molecule is CCOc1ccc(-c2cc(=O)[nH][nH]2)cc1C. The van der Waals surface area contributed by atoms with Gasteiger partial charge >= 0.3 is 0 Å². The second-order valence-corrected chi connectivity index (χ2v) is 3.59. The highest BCUT2D eigenvalue weighted by Crippen LogP contribution is 2.24. The van der Waals surface area contributed by atoms with Crippen molar-refractivity contribution in [3.05, 3.63) is 40.2 Å². The molecule has 1 aromatic heterocycles. The van der Waals surface area contributed by atoms with E-state index in [4.69, 9.17) is 4.74 Å². The molecule has 0 spiro atoms. The summed E-state index contributed by atoms with van der Waals surface area (Å²) in [4.78, 5) is 11.0. The molecule has 0 aliphatic rings. The fraction of sp³-hybridized carbons (Fsp3) is 0.250. The maximum Gasteiger partial charge on any atom is 0.264 e. The first kappa shape index (κ1) is 10.5. The average molecular weight is 218 g/mol. The van der Waals surface area contributed by atoms with Gasteiger partial charge in [0.05, 0.1) is 12.3 Å². The number of aromatic amines is 2. The summed E-state index contributed by atoms with van der Waals surface area (Å²) in [5.74, 6) is 0.879. The standard InChI is InChI=1S/C12H14N2O2/c1-3-16-11-5-4-9(6-8(11)2)10-7-12(15)14-13-10/h4-7H,3H2,1-2H3,(H2,13,14,15). The van der Waals surface area contributed by atoms with Gasteiger partial charge in [-0.05, 0) is 37.6 Å². The molecule has 0 amide bonds. The maximum absolute atomic E-state index is 11.0. The smallest absolute Gasteiger partial charge is 0.264 e. The first-order valence-corrected chi connectivity index (χ1v) is 5.22. The molecule has 0 bridgehead atoms. The Kier molecular flexibility index (Phi) is 2.81. The molecule has 1 aromatic carbocycles. The van der Waals surface area contributed by atoms with Crippen molar-refractivity contribution in [2.45, 2.75) is 13.8 Å². The molecule has 2 rings (SSSR count). The zero-order valence-corrected chi connectivity index (χ0v) is 9.33. The van der Waals surface area contributed by atoms with E-state index in [9.17, 15) is 4.79 Å². The van der Waals surface area contributed by atoms with Crippen molar-refractivity contribution in [1.82, 2.24) is 10.2 Å². The predicted molar refractivity (Wildman–Crippen MR) is 62.8 cm³/mol. The number of H-pyrrole nitrogens is 2. The van der Waals surface area contributed by atoms with E-state index in [1.54, 1.807) is 0 Å². The molecule has 84 valence electrons.